The lowest BCUT2D eigenvalue weighted by Crippen LogP contribution is -2.34. The van der Waals surface area contributed by atoms with Crippen molar-refractivity contribution in [3.8, 4) is 17.2 Å². The molecular formula is C16H15NO4. The van der Waals surface area contributed by atoms with Crippen LogP contribution in [0.15, 0.2) is 42.5 Å². The summed E-state index contributed by atoms with van der Waals surface area (Å²) >= 11 is 0. The average molecular weight is 285 g/mol. The van der Waals surface area contributed by atoms with Crippen LogP contribution in [0.25, 0.3) is 0 Å². The summed E-state index contributed by atoms with van der Waals surface area (Å²) in [6, 6.07) is 12.0. The molecule has 2 aromatic rings. The fourth-order valence-electron chi connectivity index (χ4n) is 2.38. The first-order chi connectivity index (χ1) is 10.1. The van der Waals surface area contributed by atoms with Crippen molar-refractivity contribution >= 4 is 5.91 Å². The second kappa shape index (κ2) is 5.36. The van der Waals surface area contributed by atoms with Crippen molar-refractivity contribution in [2.45, 2.75) is 12.5 Å². The van der Waals surface area contributed by atoms with Crippen LogP contribution in [0.5, 0.6) is 17.2 Å². The Kier molecular flexibility index (Phi) is 3.39. The van der Waals surface area contributed by atoms with E-state index in [4.69, 9.17) is 4.74 Å². The molecule has 1 aliphatic rings. The van der Waals surface area contributed by atoms with Crippen molar-refractivity contribution in [2.75, 3.05) is 6.54 Å². The summed E-state index contributed by atoms with van der Waals surface area (Å²) in [4.78, 5) is 12.0. The molecule has 1 amide bonds. The molecule has 5 nitrogen and oxygen atoms in total. The number of ether oxygens (including phenoxy) is 1. The van der Waals surface area contributed by atoms with E-state index in [2.05, 4.69) is 5.32 Å². The number of phenols is 2. The summed E-state index contributed by atoms with van der Waals surface area (Å²) in [6.45, 7) is 0.336. The number of phenolic OH excluding ortho intramolecular Hbond substituents is 2. The molecule has 0 aromatic heterocycles. The first-order valence-electron chi connectivity index (χ1n) is 6.69. The van der Waals surface area contributed by atoms with Crippen molar-refractivity contribution in [1.82, 2.24) is 5.32 Å². The minimum Gasteiger partial charge on any atom is -0.504 e. The molecule has 0 bridgehead atoms. The van der Waals surface area contributed by atoms with Crippen LogP contribution in [0.2, 0.25) is 0 Å². The third-order valence-corrected chi connectivity index (χ3v) is 3.46. The van der Waals surface area contributed by atoms with Gasteiger partial charge in [-0.1, -0.05) is 24.3 Å². The first kappa shape index (κ1) is 13.3. The van der Waals surface area contributed by atoms with Crippen LogP contribution < -0.4 is 10.1 Å². The van der Waals surface area contributed by atoms with Gasteiger partial charge in [0.1, 0.15) is 11.9 Å². The van der Waals surface area contributed by atoms with Gasteiger partial charge in [-0.3, -0.25) is 4.79 Å². The smallest absolute Gasteiger partial charge is 0.255 e. The number of hydrogen-bond donors (Lipinski definition) is 3. The van der Waals surface area contributed by atoms with Crippen LogP contribution in [-0.2, 0) is 6.42 Å². The minimum atomic E-state index is -0.442. The summed E-state index contributed by atoms with van der Waals surface area (Å²) in [5.41, 5.74) is 1.17. The van der Waals surface area contributed by atoms with Gasteiger partial charge in [0.25, 0.3) is 5.91 Å². The van der Waals surface area contributed by atoms with Crippen LogP contribution in [0.4, 0.5) is 0 Å². The zero-order valence-electron chi connectivity index (χ0n) is 11.2. The molecule has 108 valence electrons. The standard InChI is InChI=1S/C16H15NO4/c18-13-6-3-5-12(15(13)19)16(20)17-9-11-8-10-4-1-2-7-14(10)21-11/h1-7,11,18-19H,8-9H2,(H,17,20). The second-order valence-electron chi connectivity index (χ2n) is 4.94. The van der Waals surface area contributed by atoms with Crippen molar-refractivity contribution in [1.29, 1.82) is 0 Å². The largest absolute Gasteiger partial charge is 0.504 e. The van der Waals surface area contributed by atoms with E-state index in [1.165, 1.54) is 18.2 Å². The maximum atomic E-state index is 12.0. The van der Waals surface area contributed by atoms with E-state index in [0.717, 1.165) is 17.7 Å². The van der Waals surface area contributed by atoms with E-state index in [-0.39, 0.29) is 17.4 Å². The quantitative estimate of drug-likeness (QED) is 0.752. The molecule has 0 spiro atoms. The number of amides is 1. The van der Waals surface area contributed by atoms with Crippen molar-refractivity contribution < 1.29 is 19.7 Å². The Hall–Kier alpha value is -2.69. The van der Waals surface area contributed by atoms with E-state index in [0.29, 0.717) is 6.54 Å². The molecule has 1 heterocycles. The number of para-hydroxylation sites is 2. The summed E-state index contributed by atoms with van der Waals surface area (Å²) in [6.07, 6.45) is 0.619. The first-order valence-corrected chi connectivity index (χ1v) is 6.69. The third-order valence-electron chi connectivity index (χ3n) is 3.46. The third kappa shape index (κ3) is 2.63. The highest BCUT2D eigenvalue weighted by atomic mass is 16.5. The van der Waals surface area contributed by atoms with Gasteiger partial charge in [0.15, 0.2) is 11.5 Å². The van der Waals surface area contributed by atoms with Gasteiger partial charge < -0.3 is 20.3 Å². The molecule has 3 rings (SSSR count). The highest BCUT2D eigenvalue weighted by molar-refractivity contribution is 5.97. The molecule has 0 saturated carbocycles. The normalized spacial score (nSPS) is 16.1. The highest BCUT2D eigenvalue weighted by Crippen LogP contribution is 2.29. The number of nitrogens with one attached hydrogen (secondary N) is 1. The lowest BCUT2D eigenvalue weighted by atomic mass is 10.1. The van der Waals surface area contributed by atoms with Crippen LogP contribution in [-0.4, -0.2) is 28.8 Å². The van der Waals surface area contributed by atoms with Crippen molar-refractivity contribution in [3.05, 3.63) is 53.6 Å². The van der Waals surface area contributed by atoms with Crippen LogP contribution in [0.1, 0.15) is 15.9 Å². The molecule has 21 heavy (non-hydrogen) atoms. The number of benzene rings is 2. The maximum Gasteiger partial charge on any atom is 0.255 e. The second-order valence-corrected chi connectivity index (χ2v) is 4.94. The zero-order valence-corrected chi connectivity index (χ0v) is 11.2. The van der Waals surface area contributed by atoms with Crippen molar-refractivity contribution in [2.24, 2.45) is 0 Å². The average Bonchev–Trinajstić information content (AvgIpc) is 2.90. The fraction of sp³-hybridized carbons (Fsp3) is 0.188. The molecule has 0 aliphatic carbocycles. The Morgan fingerprint density at radius 2 is 2.00 bits per heavy atom. The monoisotopic (exact) mass is 285 g/mol. The zero-order chi connectivity index (χ0) is 14.8. The van der Waals surface area contributed by atoms with Gasteiger partial charge in [-0.2, -0.15) is 0 Å². The Morgan fingerprint density at radius 3 is 2.81 bits per heavy atom. The lowest BCUT2D eigenvalue weighted by Gasteiger charge is -2.12. The van der Waals surface area contributed by atoms with Crippen LogP contribution >= 0.6 is 0 Å². The van der Waals surface area contributed by atoms with Gasteiger partial charge in [-0.05, 0) is 23.8 Å². The Balaban J connectivity index is 1.62. The number of hydrogen-bond acceptors (Lipinski definition) is 4. The van der Waals surface area contributed by atoms with Crippen molar-refractivity contribution in [3.63, 3.8) is 0 Å². The Labute approximate surface area is 121 Å². The predicted molar refractivity (Wildman–Crippen MR) is 76.7 cm³/mol. The summed E-state index contributed by atoms with van der Waals surface area (Å²) in [5, 5.41) is 21.8. The molecule has 0 saturated heterocycles. The molecule has 5 heteroatoms. The topological polar surface area (TPSA) is 78.8 Å². The van der Waals surface area contributed by atoms with E-state index in [1.807, 2.05) is 24.3 Å². The maximum absolute atomic E-state index is 12.0. The number of carbonyl (C=O) groups is 1. The van der Waals surface area contributed by atoms with Crippen LogP contribution in [0.3, 0.4) is 0 Å². The van der Waals surface area contributed by atoms with E-state index >= 15 is 0 Å². The van der Waals surface area contributed by atoms with Gasteiger partial charge in [0.2, 0.25) is 0 Å². The molecular weight excluding hydrogens is 270 g/mol. The van der Waals surface area contributed by atoms with Gasteiger partial charge in [0, 0.05) is 6.42 Å². The van der Waals surface area contributed by atoms with E-state index in [9.17, 15) is 15.0 Å². The highest BCUT2D eigenvalue weighted by Gasteiger charge is 2.23. The number of fused-ring (bicyclic) bond motifs is 1. The van der Waals surface area contributed by atoms with E-state index in [1.54, 1.807) is 0 Å². The van der Waals surface area contributed by atoms with Gasteiger partial charge >= 0.3 is 0 Å². The SMILES string of the molecule is O=C(NCC1Cc2ccccc2O1)c1cccc(O)c1O. The number of rotatable bonds is 3. The fourth-order valence-corrected chi connectivity index (χ4v) is 2.38. The number of carbonyl (C=O) groups excluding carboxylic acids is 1. The molecule has 1 atom stereocenters. The predicted octanol–water partition coefficient (Wildman–Crippen LogP) is 1.83. The van der Waals surface area contributed by atoms with Gasteiger partial charge in [0.05, 0.1) is 12.1 Å². The molecule has 2 aromatic carbocycles. The summed E-state index contributed by atoms with van der Waals surface area (Å²) in [7, 11) is 0. The molecule has 0 fully saturated rings. The molecule has 0 radical (unpaired) electrons. The summed E-state index contributed by atoms with van der Waals surface area (Å²) in [5.74, 6) is -0.322. The molecule has 1 unspecified atom stereocenters. The van der Waals surface area contributed by atoms with Gasteiger partial charge in [-0.15, -0.1) is 0 Å². The lowest BCUT2D eigenvalue weighted by molar-refractivity contribution is 0.0930. The molecule has 3 N–H and O–H groups in total. The Bertz CT molecular complexity index is 659. The van der Waals surface area contributed by atoms with E-state index < -0.39 is 11.7 Å². The molecule has 1 aliphatic heterocycles. The van der Waals surface area contributed by atoms with Gasteiger partial charge in [-0.25, -0.2) is 0 Å². The van der Waals surface area contributed by atoms with Crippen LogP contribution in [0, 0.1) is 0 Å². The number of aromatic hydroxyl groups is 2. The Morgan fingerprint density at radius 1 is 1.19 bits per heavy atom. The summed E-state index contributed by atoms with van der Waals surface area (Å²) < 4.78 is 5.72. The minimum absolute atomic E-state index is 0.0468.